The fourth-order valence-electron chi connectivity index (χ4n) is 2.40. The van der Waals surface area contributed by atoms with Crippen LogP contribution in [-0.2, 0) is 6.54 Å². The number of ether oxygens (including phenoxy) is 1. The van der Waals surface area contributed by atoms with Crippen molar-refractivity contribution in [2.45, 2.75) is 6.54 Å². The lowest BCUT2D eigenvalue weighted by molar-refractivity contribution is 0.229. The fourth-order valence-corrected chi connectivity index (χ4v) is 2.40. The molecule has 106 valence electrons. The third-order valence-corrected chi connectivity index (χ3v) is 3.53. The molecule has 0 bridgehead atoms. The van der Waals surface area contributed by atoms with Crippen LogP contribution in [0.15, 0.2) is 30.5 Å². The van der Waals surface area contributed by atoms with Crippen LogP contribution in [0, 0.1) is 0 Å². The number of nitrogens with one attached hydrogen (secondary N) is 1. The Morgan fingerprint density at radius 2 is 1.95 bits per heavy atom. The topological polar surface area (TPSA) is 55.2 Å². The number of benzene rings is 1. The molecule has 1 aliphatic rings. The Hall–Kier alpha value is -1.92. The first-order chi connectivity index (χ1) is 9.86. The maximum Gasteiger partial charge on any atom is 0.119 e. The van der Waals surface area contributed by atoms with Gasteiger partial charge in [-0.15, -0.1) is 5.10 Å². The summed E-state index contributed by atoms with van der Waals surface area (Å²) in [6.45, 7) is 5.09. The summed E-state index contributed by atoms with van der Waals surface area (Å²) >= 11 is 0. The SMILES string of the molecule is COc1ccc(-n2nncc2CN2CCNCC2)cc1. The summed E-state index contributed by atoms with van der Waals surface area (Å²) in [5.41, 5.74) is 2.12. The Morgan fingerprint density at radius 3 is 2.65 bits per heavy atom. The average molecular weight is 273 g/mol. The standard InChI is InChI=1S/C14H19N5O/c1-20-14-4-2-12(3-5-14)19-13(10-16-17-19)11-18-8-6-15-7-9-18/h2-5,10,15H,6-9,11H2,1H3. The average Bonchev–Trinajstić information content (AvgIpc) is 2.96. The van der Waals surface area contributed by atoms with Gasteiger partial charge in [-0.1, -0.05) is 5.21 Å². The van der Waals surface area contributed by atoms with Gasteiger partial charge in [0.1, 0.15) is 5.75 Å². The first-order valence-corrected chi connectivity index (χ1v) is 6.84. The Balaban J connectivity index is 1.77. The molecule has 1 fully saturated rings. The second-order valence-electron chi connectivity index (χ2n) is 4.86. The molecule has 0 radical (unpaired) electrons. The van der Waals surface area contributed by atoms with Crippen LogP contribution in [0.1, 0.15) is 5.69 Å². The molecule has 1 aliphatic heterocycles. The molecule has 1 saturated heterocycles. The molecule has 6 nitrogen and oxygen atoms in total. The number of methoxy groups -OCH3 is 1. The fraction of sp³-hybridized carbons (Fsp3) is 0.429. The van der Waals surface area contributed by atoms with Gasteiger partial charge in [0.05, 0.1) is 24.7 Å². The third-order valence-electron chi connectivity index (χ3n) is 3.53. The van der Waals surface area contributed by atoms with E-state index >= 15 is 0 Å². The van der Waals surface area contributed by atoms with Crippen molar-refractivity contribution >= 4 is 0 Å². The molecule has 1 aromatic carbocycles. The number of hydrogen-bond donors (Lipinski definition) is 1. The number of hydrogen-bond acceptors (Lipinski definition) is 5. The van der Waals surface area contributed by atoms with Crippen LogP contribution in [0.5, 0.6) is 5.75 Å². The molecule has 2 heterocycles. The molecule has 0 amide bonds. The van der Waals surface area contributed by atoms with Crippen molar-refractivity contribution in [3.05, 3.63) is 36.2 Å². The van der Waals surface area contributed by atoms with E-state index in [4.69, 9.17) is 4.74 Å². The minimum atomic E-state index is 0.845. The van der Waals surface area contributed by atoms with Gasteiger partial charge in [0.2, 0.25) is 0 Å². The largest absolute Gasteiger partial charge is 0.497 e. The molecule has 20 heavy (non-hydrogen) atoms. The molecule has 2 aromatic rings. The van der Waals surface area contributed by atoms with Gasteiger partial charge < -0.3 is 10.1 Å². The van der Waals surface area contributed by atoms with E-state index in [1.807, 2.05) is 35.1 Å². The molecule has 0 saturated carbocycles. The van der Waals surface area contributed by atoms with Crippen molar-refractivity contribution in [1.82, 2.24) is 25.2 Å². The van der Waals surface area contributed by atoms with Crippen molar-refractivity contribution < 1.29 is 4.74 Å². The summed E-state index contributed by atoms with van der Waals surface area (Å²) in [6, 6.07) is 7.86. The van der Waals surface area contributed by atoms with Crippen molar-refractivity contribution in [3.63, 3.8) is 0 Å². The smallest absolute Gasteiger partial charge is 0.119 e. The van der Waals surface area contributed by atoms with Crippen LogP contribution in [-0.4, -0.2) is 53.2 Å². The van der Waals surface area contributed by atoms with Gasteiger partial charge >= 0.3 is 0 Å². The highest BCUT2D eigenvalue weighted by Gasteiger charge is 2.14. The molecule has 1 aromatic heterocycles. The van der Waals surface area contributed by atoms with Crippen LogP contribution >= 0.6 is 0 Å². The molecule has 3 rings (SSSR count). The van der Waals surface area contributed by atoms with Gasteiger partial charge in [0, 0.05) is 32.7 Å². The van der Waals surface area contributed by atoms with E-state index in [2.05, 4.69) is 20.5 Å². The van der Waals surface area contributed by atoms with Crippen molar-refractivity contribution in [1.29, 1.82) is 0 Å². The minimum Gasteiger partial charge on any atom is -0.497 e. The molecular weight excluding hydrogens is 254 g/mol. The van der Waals surface area contributed by atoms with Crippen LogP contribution < -0.4 is 10.1 Å². The first kappa shape index (κ1) is 13.1. The second-order valence-corrected chi connectivity index (χ2v) is 4.86. The maximum atomic E-state index is 5.18. The van der Waals surface area contributed by atoms with Gasteiger partial charge in [-0.25, -0.2) is 4.68 Å². The Morgan fingerprint density at radius 1 is 1.20 bits per heavy atom. The Labute approximate surface area is 118 Å². The van der Waals surface area contributed by atoms with Crippen LogP contribution in [0.25, 0.3) is 5.69 Å². The van der Waals surface area contributed by atoms with E-state index in [0.717, 1.165) is 49.9 Å². The number of rotatable bonds is 4. The summed E-state index contributed by atoms with van der Waals surface area (Å²) in [5.74, 6) is 0.845. The highest BCUT2D eigenvalue weighted by atomic mass is 16.5. The minimum absolute atomic E-state index is 0.845. The van der Waals surface area contributed by atoms with Gasteiger partial charge in [0.15, 0.2) is 0 Å². The summed E-state index contributed by atoms with van der Waals surface area (Å²) in [4.78, 5) is 2.41. The lowest BCUT2D eigenvalue weighted by atomic mass is 10.3. The molecule has 0 aliphatic carbocycles. The van der Waals surface area contributed by atoms with Gasteiger partial charge in [-0.2, -0.15) is 0 Å². The predicted octanol–water partition coefficient (Wildman–Crippen LogP) is 0.681. The third kappa shape index (κ3) is 2.81. The Bertz CT molecular complexity index is 545. The highest BCUT2D eigenvalue weighted by Crippen LogP contribution is 2.16. The summed E-state index contributed by atoms with van der Waals surface area (Å²) < 4.78 is 7.07. The lowest BCUT2D eigenvalue weighted by Crippen LogP contribution is -2.43. The molecule has 0 unspecified atom stereocenters. The van der Waals surface area contributed by atoms with Crippen molar-refractivity contribution in [3.8, 4) is 11.4 Å². The predicted molar refractivity (Wildman–Crippen MR) is 76.1 cm³/mol. The monoisotopic (exact) mass is 273 g/mol. The lowest BCUT2D eigenvalue weighted by Gasteiger charge is -2.26. The second kappa shape index (κ2) is 6.02. The van der Waals surface area contributed by atoms with E-state index < -0.39 is 0 Å². The molecule has 0 atom stereocenters. The zero-order valence-corrected chi connectivity index (χ0v) is 11.6. The number of piperazine rings is 1. The van der Waals surface area contributed by atoms with Crippen molar-refractivity contribution in [2.75, 3.05) is 33.3 Å². The summed E-state index contributed by atoms with van der Waals surface area (Å²) in [5, 5.41) is 11.6. The van der Waals surface area contributed by atoms with Gasteiger partial charge in [-0.05, 0) is 24.3 Å². The summed E-state index contributed by atoms with van der Waals surface area (Å²) in [6.07, 6.45) is 1.84. The Kier molecular flexibility index (Phi) is 3.94. The molecule has 0 spiro atoms. The molecule has 6 heteroatoms. The van der Waals surface area contributed by atoms with E-state index in [9.17, 15) is 0 Å². The molecular formula is C14H19N5O. The van der Waals surface area contributed by atoms with E-state index in [0.29, 0.717) is 0 Å². The quantitative estimate of drug-likeness (QED) is 0.888. The van der Waals surface area contributed by atoms with Gasteiger partial charge in [0.25, 0.3) is 0 Å². The van der Waals surface area contributed by atoms with E-state index in [1.165, 1.54) is 0 Å². The zero-order chi connectivity index (χ0) is 13.8. The number of nitrogens with zero attached hydrogens (tertiary/aromatic N) is 4. The van der Waals surface area contributed by atoms with Crippen LogP contribution in [0.4, 0.5) is 0 Å². The number of aromatic nitrogens is 3. The summed E-state index contributed by atoms with van der Waals surface area (Å²) in [7, 11) is 1.67. The maximum absolute atomic E-state index is 5.18. The van der Waals surface area contributed by atoms with Gasteiger partial charge in [-0.3, -0.25) is 4.90 Å². The van der Waals surface area contributed by atoms with Crippen LogP contribution in [0.3, 0.4) is 0 Å². The van der Waals surface area contributed by atoms with Crippen molar-refractivity contribution in [2.24, 2.45) is 0 Å². The normalized spacial score (nSPS) is 16.2. The van der Waals surface area contributed by atoms with E-state index in [1.54, 1.807) is 7.11 Å². The van der Waals surface area contributed by atoms with Crippen LogP contribution in [0.2, 0.25) is 0 Å². The van der Waals surface area contributed by atoms with E-state index in [-0.39, 0.29) is 0 Å². The zero-order valence-electron chi connectivity index (χ0n) is 11.6. The first-order valence-electron chi connectivity index (χ1n) is 6.84. The highest BCUT2D eigenvalue weighted by molar-refractivity contribution is 5.37. The molecule has 1 N–H and O–H groups in total.